The third-order valence-corrected chi connectivity index (χ3v) is 7.98. The van der Waals surface area contributed by atoms with Gasteiger partial charge in [0.05, 0.1) is 25.3 Å². The van der Waals surface area contributed by atoms with Crippen LogP contribution in [0.1, 0.15) is 35.7 Å². The number of halogens is 1. The van der Waals surface area contributed by atoms with Crippen LogP contribution in [0.25, 0.3) is 10.9 Å². The van der Waals surface area contributed by atoms with Crippen molar-refractivity contribution >= 4 is 10.9 Å². The van der Waals surface area contributed by atoms with Crippen molar-refractivity contribution in [3.05, 3.63) is 65.1 Å². The Bertz CT molecular complexity index is 1180. The molecular weight excluding hydrogens is 417 g/mol. The normalized spacial score (nSPS) is 22.5. The van der Waals surface area contributed by atoms with Crippen molar-refractivity contribution < 1.29 is 14.2 Å². The van der Waals surface area contributed by atoms with Crippen LogP contribution in [0.3, 0.4) is 0 Å². The predicted octanol–water partition coefficient (Wildman–Crippen LogP) is 3.84. The van der Waals surface area contributed by atoms with Gasteiger partial charge in [-0.05, 0) is 54.2 Å². The first-order valence-electron chi connectivity index (χ1n) is 12.0. The molecule has 1 saturated heterocycles. The molecule has 1 saturated carbocycles. The predicted molar refractivity (Wildman–Crippen MR) is 127 cm³/mol. The smallest absolute Gasteiger partial charge is 0.123 e. The van der Waals surface area contributed by atoms with Crippen LogP contribution < -0.4 is 4.74 Å². The first-order chi connectivity index (χ1) is 16.0. The van der Waals surface area contributed by atoms with Crippen molar-refractivity contribution in [2.75, 3.05) is 39.9 Å². The summed E-state index contributed by atoms with van der Waals surface area (Å²) in [5, 5.41) is 11.8. The van der Waals surface area contributed by atoms with Gasteiger partial charge in [0.25, 0.3) is 0 Å². The zero-order chi connectivity index (χ0) is 22.7. The van der Waals surface area contributed by atoms with Crippen molar-refractivity contribution in [2.45, 2.75) is 30.8 Å². The Balaban J connectivity index is 1.44. The van der Waals surface area contributed by atoms with E-state index in [-0.39, 0.29) is 23.9 Å². The Morgan fingerprint density at radius 2 is 1.85 bits per heavy atom. The summed E-state index contributed by atoms with van der Waals surface area (Å²) >= 11 is 0. The first-order valence-corrected chi connectivity index (χ1v) is 12.0. The van der Waals surface area contributed by atoms with E-state index in [4.69, 9.17) is 4.74 Å². The largest absolute Gasteiger partial charge is 0.497 e. The molecule has 5 nitrogen and oxygen atoms in total. The number of likely N-dealkylation sites (tertiary alicyclic amines) is 1. The van der Waals surface area contributed by atoms with Crippen LogP contribution in [0.4, 0.5) is 4.39 Å². The summed E-state index contributed by atoms with van der Waals surface area (Å²) < 4.78 is 21.3. The lowest BCUT2D eigenvalue weighted by molar-refractivity contribution is -0.0110. The molecule has 1 aromatic heterocycles. The summed E-state index contributed by atoms with van der Waals surface area (Å²) in [5.74, 6) is 1.51. The molecule has 6 heteroatoms. The maximum absolute atomic E-state index is 13.5. The van der Waals surface area contributed by atoms with E-state index in [1.807, 2.05) is 12.1 Å². The van der Waals surface area contributed by atoms with E-state index in [0.717, 1.165) is 42.4 Å². The van der Waals surface area contributed by atoms with Gasteiger partial charge in [0.15, 0.2) is 0 Å². The molecule has 0 radical (unpaired) electrons. The average Bonchev–Trinajstić information content (AvgIpc) is 3.57. The van der Waals surface area contributed by atoms with Crippen LogP contribution in [0.15, 0.2) is 42.5 Å². The molecule has 33 heavy (non-hydrogen) atoms. The first kappa shape index (κ1) is 21.1. The number of aryl methyl sites for hydroxylation is 1. The molecule has 1 spiro atoms. The molecule has 1 aliphatic carbocycles. The number of fused-ring (bicyclic) bond motifs is 4. The van der Waals surface area contributed by atoms with Gasteiger partial charge in [-0.3, -0.25) is 4.90 Å². The lowest BCUT2D eigenvalue weighted by Crippen LogP contribution is -2.66. The Morgan fingerprint density at radius 1 is 1.09 bits per heavy atom. The fourth-order valence-electron chi connectivity index (χ4n) is 6.32. The maximum atomic E-state index is 13.5. The monoisotopic (exact) mass is 449 g/mol. The number of rotatable bonds is 6. The number of methoxy groups -OCH3 is 1. The number of ether oxygens (including phenoxy) is 1. The molecule has 3 heterocycles. The second-order valence-electron chi connectivity index (χ2n) is 10.3. The fourth-order valence-corrected chi connectivity index (χ4v) is 6.32. The zero-order valence-corrected chi connectivity index (χ0v) is 19.4. The highest BCUT2D eigenvalue weighted by molar-refractivity contribution is 5.89. The summed E-state index contributed by atoms with van der Waals surface area (Å²) in [6, 6.07) is 13.0. The molecule has 174 valence electrons. The molecule has 0 amide bonds. The van der Waals surface area contributed by atoms with Crippen LogP contribution in [-0.4, -0.2) is 59.4 Å². The number of hydrogen-bond acceptors (Lipinski definition) is 4. The second kappa shape index (κ2) is 7.83. The Kier molecular flexibility index (Phi) is 5.02. The van der Waals surface area contributed by atoms with E-state index in [0.29, 0.717) is 6.54 Å². The molecule has 2 aromatic carbocycles. The molecule has 0 unspecified atom stereocenters. The number of aliphatic hydroxyl groups is 1. The van der Waals surface area contributed by atoms with Gasteiger partial charge < -0.3 is 19.3 Å². The lowest BCUT2D eigenvalue weighted by atomic mass is 9.68. The van der Waals surface area contributed by atoms with Gasteiger partial charge in [0.2, 0.25) is 0 Å². The number of aromatic nitrogens is 1. The Labute approximate surface area is 194 Å². The van der Waals surface area contributed by atoms with Crippen molar-refractivity contribution in [2.24, 2.45) is 13.0 Å². The van der Waals surface area contributed by atoms with Crippen LogP contribution in [0.5, 0.6) is 5.75 Å². The van der Waals surface area contributed by atoms with Gasteiger partial charge in [-0.15, -0.1) is 0 Å². The van der Waals surface area contributed by atoms with E-state index in [1.54, 1.807) is 7.11 Å². The van der Waals surface area contributed by atoms with E-state index >= 15 is 0 Å². The van der Waals surface area contributed by atoms with Crippen molar-refractivity contribution in [1.29, 1.82) is 0 Å². The molecule has 6 rings (SSSR count). The van der Waals surface area contributed by atoms with Gasteiger partial charge in [-0.2, -0.15) is 0 Å². The fraction of sp³-hybridized carbons (Fsp3) is 0.481. The number of benzene rings is 2. The highest BCUT2D eigenvalue weighted by Gasteiger charge is 2.53. The highest BCUT2D eigenvalue weighted by atomic mass is 19.1. The van der Waals surface area contributed by atoms with Gasteiger partial charge >= 0.3 is 0 Å². The lowest BCUT2D eigenvalue weighted by Gasteiger charge is -2.56. The van der Waals surface area contributed by atoms with Crippen molar-refractivity contribution in [3.8, 4) is 5.75 Å². The quantitative estimate of drug-likeness (QED) is 0.621. The minimum absolute atomic E-state index is 0.0457. The summed E-state index contributed by atoms with van der Waals surface area (Å²) in [7, 11) is 3.81. The Morgan fingerprint density at radius 3 is 2.52 bits per heavy atom. The molecule has 1 N–H and O–H groups in total. The summed E-state index contributed by atoms with van der Waals surface area (Å²) in [6.45, 7) is 4.96. The molecule has 0 bridgehead atoms. The van der Waals surface area contributed by atoms with Crippen LogP contribution in [-0.2, 0) is 19.0 Å². The van der Waals surface area contributed by atoms with E-state index in [1.165, 1.54) is 48.2 Å². The summed E-state index contributed by atoms with van der Waals surface area (Å²) in [6.07, 6.45) is 2.73. The van der Waals surface area contributed by atoms with Crippen molar-refractivity contribution in [1.82, 2.24) is 14.4 Å². The van der Waals surface area contributed by atoms with Crippen LogP contribution in [0.2, 0.25) is 0 Å². The van der Waals surface area contributed by atoms with Crippen LogP contribution in [0, 0.1) is 11.7 Å². The van der Waals surface area contributed by atoms with Gasteiger partial charge in [-0.25, -0.2) is 4.39 Å². The molecule has 3 aromatic rings. The average molecular weight is 450 g/mol. The van der Waals surface area contributed by atoms with Crippen LogP contribution >= 0.6 is 0 Å². The van der Waals surface area contributed by atoms with E-state index in [2.05, 4.69) is 39.6 Å². The minimum atomic E-state index is -0.216. The summed E-state index contributed by atoms with van der Waals surface area (Å²) in [5.41, 5.74) is 4.89. The number of aliphatic hydroxyl groups excluding tert-OH is 1. The number of hydrogen-bond donors (Lipinski definition) is 1. The number of nitrogens with zero attached hydrogens (tertiary/aromatic N) is 3. The van der Waals surface area contributed by atoms with E-state index < -0.39 is 0 Å². The standard InChI is InChI=1S/C27H32FN3O2/c1-29-23-11-21(33-2)9-10-22(23)25-26(29)24(14-32)31(13-19-5-7-20(28)8-6-19)17-27(25)15-30(16-27)12-18-3-4-18/h5-11,18,24,32H,3-4,12-17H2,1-2H3/t24-/m0/s1. The Hall–Kier alpha value is -2.41. The topological polar surface area (TPSA) is 40.9 Å². The minimum Gasteiger partial charge on any atom is -0.497 e. The third-order valence-electron chi connectivity index (χ3n) is 7.98. The van der Waals surface area contributed by atoms with E-state index in [9.17, 15) is 9.50 Å². The maximum Gasteiger partial charge on any atom is 0.123 e. The van der Waals surface area contributed by atoms with Gasteiger partial charge in [0, 0.05) is 62.3 Å². The van der Waals surface area contributed by atoms with Crippen molar-refractivity contribution in [3.63, 3.8) is 0 Å². The second-order valence-corrected chi connectivity index (χ2v) is 10.3. The molecule has 3 aliphatic rings. The summed E-state index contributed by atoms with van der Waals surface area (Å²) in [4.78, 5) is 5.01. The molecule has 1 atom stereocenters. The van der Waals surface area contributed by atoms with Gasteiger partial charge in [0.1, 0.15) is 11.6 Å². The highest BCUT2D eigenvalue weighted by Crippen LogP contribution is 2.50. The molecular formula is C27H32FN3O2. The SMILES string of the molecule is COc1ccc2c3c(n(C)c2c1)[C@H](CO)N(Cc1ccc(F)cc1)CC31CN(CC2CC2)C1. The molecule has 2 fully saturated rings. The third kappa shape index (κ3) is 3.47. The zero-order valence-electron chi connectivity index (χ0n) is 19.4. The molecule has 2 aliphatic heterocycles. The van der Waals surface area contributed by atoms with Gasteiger partial charge in [-0.1, -0.05) is 12.1 Å².